The summed E-state index contributed by atoms with van der Waals surface area (Å²) in [4.78, 5) is 0. The van der Waals surface area contributed by atoms with Crippen LogP contribution in [0.1, 0.15) is 24.5 Å². The lowest BCUT2D eigenvalue weighted by Crippen LogP contribution is -1.81. The highest BCUT2D eigenvalue weighted by atomic mass is 14.0. The van der Waals surface area contributed by atoms with Crippen LogP contribution in [0.2, 0.25) is 0 Å². The Morgan fingerprint density at radius 3 is 2.77 bits per heavy atom. The van der Waals surface area contributed by atoms with Gasteiger partial charge in [-0.25, -0.2) is 0 Å². The number of hydrogen-bond donors (Lipinski definition) is 0. The summed E-state index contributed by atoms with van der Waals surface area (Å²) in [7, 11) is 0. The van der Waals surface area contributed by atoms with Crippen molar-refractivity contribution < 1.29 is 0 Å². The van der Waals surface area contributed by atoms with E-state index in [4.69, 9.17) is 0 Å². The van der Waals surface area contributed by atoms with Gasteiger partial charge in [0.1, 0.15) is 0 Å². The van der Waals surface area contributed by atoms with Crippen molar-refractivity contribution >= 4 is 5.57 Å². The molecule has 0 aliphatic rings. The van der Waals surface area contributed by atoms with Gasteiger partial charge in [-0.3, -0.25) is 0 Å². The summed E-state index contributed by atoms with van der Waals surface area (Å²) in [5, 5.41) is 0. The Morgan fingerprint density at radius 2 is 2.23 bits per heavy atom. The summed E-state index contributed by atoms with van der Waals surface area (Å²) < 4.78 is 0. The average molecular weight is 172 g/mol. The van der Waals surface area contributed by atoms with Crippen LogP contribution in [0, 0.1) is 6.92 Å². The third-order valence-corrected chi connectivity index (χ3v) is 2.00. The Labute approximate surface area is 80.6 Å². The molecule has 0 N–H and O–H groups in total. The van der Waals surface area contributed by atoms with E-state index in [0.29, 0.717) is 0 Å². The average Bonchev–Trinajstić information content (AvgIpc) is 2.14. The van der Waals surface area contributed by atoms with E-state index in [9.17, 15) is 0 Å². The lowest BCUT2D eigenvalue weighted by atomic mass is 10.0. The molecular weight excluding hydrogens is 156 g/mol. The molecule has 0 aromatic heterocycles. The zero-order valence-corrected chi connectivity index (χ0v) is 8.38. The highest BCUT2D eigenvalue weighted by Crippen LogP contribution is 2.16. The van der Waals surface area contributed by atoms with Crippen molar-refractivity contribution in [2.45, 2.75) is 20.3 Å². The highest BCUT2D eigenvalue weighted by Gasteiger charge is 1.95. The number of hydrogen-bond acceptors (Lipinski definition) is 0. The summed E-state index contributed by atoms with van der Waals surface area (Å²) in [5.41, 5.74) is 3.78. The van der Waals surface area contributed by atoms with Gasteiger partial charge in [0.05, 0.1) is 0 Å². The molecule has 1 rings (SSSR count). The van der Waals surface area contributed by atoms with Crippen molar-refractivity contribution in [2.24, 2.45) is 0 Å². The van der Waals surface area contributed by atoms with Crippen LogP contribution in [0.4, 0.5) is 0 Å². The number of rotatable bonds is 3. The second kappa shape index (κ2) is 4.66. The fraction of sp³-hybridized carbons (Fsp3) is 0.231. The van der Waals surface area contributed by atoms with Crippen molar-refractivity contribution in [3.63, 3.8) is 0 Å². The van der Waals surface area contributed by atoms with E-state index in [0.717, 1.165) is 6.42 Å². The van der Waals surface area contributed by atoms with E-state index in [-0.39, 0.29) is 0 Å². The fourth-order valence-electron chi connectivity index (χ4n) is 1.36. The van der Waals surface area contributed by atoms with Gasteiger partial charge in [-0.2, -0.15) is 0 Å². The molecule has 0 radical (unpaired) electrons. The van der Waals surface area contributed by atoms with Crippen LogP contribution in [0.5, 0.6) is 0 Å². The Bertz CT molecular complexity index is 319. The molecule has 0 nitrogen and oxygen atoms in total. The van der Waals surface area contributed by atoms with Gasteiger partial charge >= 0.3 is 0 Å². The van der Waals surface area contributed by atoms with E-state index in [1.54, 1.807) is 0 Å². The smallest absolute Gasteiger partial charge is 0.0185 e. The van der Waals surface area contributed by atoms with E-state index >= 15 is 0 Å². The fourth-order valence-corrected chi connectivity index (χ4v) is 1.36. The molecule has 0 saturated heterocycles. The molecular formula is C13H16. The van der Waals surface area contributed by atoms with E-state index < -0.39 is 0 Å². The minimum absolute atomic E-state index is 1.05. The molecule has 0 aliphatic carbocycles. The van der Waals surface area contributed by atoms with Gasteiger partial charge in [-0.05, 0) is 24.5 Å². The van der Waals surface area contributed by atoms with Crippen LogP contribution >= 0.6 is 0 Å². The molecule has 0 atom stereocenters. The lowest BCUT2D eigenvalue weighted by molar-refractivity contribution is 1.23. The maximum atomic E-state index is 3.82. The molecule has 0 heteroatoms. The van der Waals surface area contributed by atoms with Gasteiger partial charge < -0.3 is 0 Å². The summed E-state index contributed by atoms with van der Waals surface area (Å²) in [6.45, 7) is 8.06. The summed E-state index contributed by atoms with van der Waals surface area (Å²) >= 11 is 0. The molecule has 68 valence electrons. The van der Waals surface area contributed by atoms with Gasteiger partial charge in [0, 0.05) is 0 Å². The van der Waals surface area contributed by atoms with Crippen molar-refractivity contribution in [2.75, 3.05) is 0 Å². The Kier molecular flexibility index (Phi) is 3.51. The maximum Gasteiger partial charge on any atom is -0.0185 e. The second-order valence-corrected chi connectivity index (χ2v) is 3.14. The predicted octanol–water partition coefficient (Wildman–Crippen LogP) is 3.97. The first-order valence-corrected chi connectivity index (χ1v) is 4.67. The van der Waals surface area contributed by atoms with Crippen molar-refractivity contribution in [1.29, 1.82) is 0 Å². The van der Waals surface area contributed by atoms with Crippen LogP contribution in [0.3, 0.4) is 0 Å². The molecule has 0 spiro atoms. The number of aryl methyl sites for hydroxylation is 1. The molecule has 13 heavy (non-hydrogen) atoms. The third kappa shape index (κ3) is 2.59. The molecule has 1 aromatic rings. The SMILES string of the molecule is C=C/C(=C\CC)c1cccc(C)c1. The maximum absolute atomic E-state index is 3.82. The summed E-state index contributed by atoms with van der Waals surface area (Å²) in [5.74, 6) is 0. The van der Waals surface area contributed by atoms with Crippen LogP contribution in [-0.2, 0) is 0 Å². The molecule has 0 aliphatic heterocycles. The standard InChI is InChI=1S/C13H16/c1-4-7-12(5-2)13-9-6-8-11(3)10-13/h5-10H,2,4H2,1,3H3/b12-7+. The van der Waals surface area contributed by atoms with Crippen LogP contribution < -0.4 is 0 Å². The van der Waals surface area contributed by atoms with Gasteiger partial charge in [0.2, 0.25) is 0 Å². The first-order chi connectivity index (χ1) is 6.27. The molecule has 0 heterocycles. The normalized spacial score (nSPS) is 11.4. The predicted molar refractivity (Wildman–Crippen MR) is 59.6 cm³/mol. The molecule has 0 bridgehead atoms. The van der Waals surface area contributed by atoms with Gasteiger partial charge in [-0.15, -0.1) is 0 Å². The summed E-state index contributed by atoms with van der Waals surface area (Å²) in [6.07, 6.45) is 5.16. The minimum atomic E-state index is 1.05. The first kappa shape index (κ1) is 9.79. The van der Waals surface area contributed by atoms with Gasteiger partial charge in [-0.1, -0.05) is 55.5 Å². The van der Waals surface area contributed by atoms with Crippen LogP contribution in [0.15, 0.2) is 43.0 Å². The third-order valence-electron chi connectivity index (χ3n) is 2.00. The second-order valence-electron chi connectivity index (χ2n) is 3.14. The molecule has 0 saturated carbocycles. The lowest BCUT2D eigenvalue weighted by Gasteiger charge is -2.02. The zero-order chi connectivity index (χ0) is 9.68. The first-order valence-electron chi connectivity index (χ1n) is 4.67. The van der Waals surface area contributed by atoms with Crippen molar-refractivity contribution in [1.82, 2.24) is 0 Å². The molecule has 0 fully saturated rings. The van der Waals surface area contributed by atoms with E-state index in [2.05, 4.69) is 50.8 Å². The van der Waals surface area contributed by atoms with Crippen molar-refractivity contribution in [3.8, 4) is 0 Å². The molecule has 1 aromatic carbocycles. The van der Waals surface area contributed by atoms with E-state index in [1.165, 1.54) is 16.7 Å². The monoisotopic (exact) mass is 172 g/mol. The topological polar surface area (TPSA) is 0 Å². The molecule has 0 amide bonds. The highest BCUT2D eigenvalue weighted by molar-refractivity contribution is 5.73. The minimum Gasteiger partial charge on any atom is -0.0985 e. The zero-order valence-electron chi connectivity index (χ0n) is 8.38. The largest absolute Gasteiger partial charge is 0.0985 e. The molecule has 0 unspecified atom stereocenters. The number of allylic oxidation sites excluding steroid dienone is 3. The number of benzene rings is 1. The Hall–Kier alpha value is -1.30. The van der Waals surface area contributed by atoms with Crippen LogP contribution in [0.25, 0.3) is 5.57 Å². The Morgan fingerprint density at radius 1 is 1.46 bits per heavy atom. The van der Waals surface area contributed by atoms with E-state index in [1.807, 2.05) is 6.08 Å². The quantitative estimate of drug-likeness (QED) is 0.605. The van der Waals surface area contributed by atoms with Crippen molar-refractivity contribution in [3.05, 3.63) is 54.1 Å². The summed E-state index contributed by atoms with van der Waals surface area (Å²) in [6, 6.07) is 8.49. The van der Waals surface area contributed by atoms with Gasteiger partial charge in [0.25, 0.3) is 0 Å². The van der Waals surface area contributed by atoms with Crippen LogP contribution in [-0.4, -0.2) is 0 Å². The Balaban J connectivity index is 3.05. The van der Waals surface area contributed by atoms with Gasteiger partial charge in [0.15, 0.2) is 0 Å².